The highest BCUT2D eigenvalue weighted by Crippen LogP contribution is 2.35. The summed E-state index contributed by atoms with van der Waals surface area (Å²) in [5, 5.41) is 9.58. The van der Waals surface area contributed by atoms with Gasteiger partial charge < -0.3 is 25.1 Å². The van der Waals surface area contributed by atoms with Gasteiger partial charge in [0.15, 0.2) is 11.5 Å². The molecule has 1 rings (SSSR count). The first-order chi connectivity index (χ1) is 16.6. The number of ether oxygens (including phenoxy) is 3. The van der Waals surface area contributed by atoms with Gasteiger partial charge in [-0.2, -0.15) is 0 Å². The Kier molecular flexibility index (Phi) is 13.6. The topological polar surface area (TPSA) is 142 Å². The Bertz CT molecular complexity index is 854. The van der Waals surface area contributed by atoms with E-state index < -0.39 is 36.0 Å². The number of rotatable bonds is 16. The Morgan fingerprint density at radius 1 is 0.857 bits per heavy atom. The van der Waals surface area contributed by atoms with E-state index in [0.29, 0.717) is 24.8 Å². The highest BCUT2D eigenvalue weighted by Gasteiger charge is 2.30. The first kappa shape index (κ1) is 30.1. The van der Waals surface area contributed by atoms with Crippen molar-refractivity contribution in [1.29, 1.82) is 0 Å². The van der Waals surface area contributed by atoms with Crippen molar-refractivity contribution in [2.75, 3.05) is 0 Å². The van der Waals surface area contributed by atoms with Crippen molar-refractivity contribution in [3.05, 3.63) is 23.8 Å². The lowest BCUT2D eigenvalue weighted by Crippen LogP contribution is -2.38. The summed E-state index contributed by atoms with van der Waals surface area (Å²) in [4.78, 5) is 48.0. The fourth-order valence-electron chi connectivity index (χ4n) is 3.55. The molecule has 35 heavy (non-hydrogen) atoms. The maximum Gasteiger partial charge on any atom is 0.321 e. The summed E-state index contributed by atoms with van der Waals surface area (Å²) in [6.45, 7) is 7.38. The first-order valence-electron chi connectivity index (χ1n) is 12.4. The van der Waals surface area contributed by atoms with Crippen LogP contribution >= 0.6 is 0 Å². The number of unbranched alkanes of at least 4 members (excludes halogenated alkanes) is 2. The summed E-state index contributed by atoms with van der Waals surface area (Å²) in [5.41, 5.74) is 6.46. The van der Waals surface area contributed by atoms with Crippen LogP contribution in [0.25, 0.3) is 0 Å². The van der Waals surface area contributed by atoms with Crippen LogP contribution in [0.1, 0.15) is 97.0 Å². The Hall–Kier alpha value is -2.94. The molecule has 0 aromatic heterocycles. The molecule has 0 aliphatic carbocycles. The second kappa shape index (κ2) is 15.9. The van der Waals surface area contributed by atoms with Gasteiger partial charge in [0, 0.05) is 25.2 Å². The molecular weight excluding hydrogens is 454 g/mol. The van der Waals surface area contributed by atoms with Crippen LogP contribution in [0.4, 0.5) is 0 Å². The number of benzene rings is 1. The molecule has 9 nitrogen and oxygen atoms in total. The van der Waals surface area contributed by atoms with Crippen LogP contribution in [0.2, 0.25) is 0 Å². The molecule has 1 aromatic carbocycles. The lowest BCUT2D eigenvalue weighted by molar-refractivity contribution is -0.149. The third kappa shape index (κ3) is 10.9. The van der Waals surface area contributed by atoms with Crippen LogP contribution in [0.15, 0.2) is 18.2 Å². The number of hydrogen-bond acceptors (Lipinski definition) is 8. The van der Waals surface area contributed by atoms with Crippen LogP contribution in [0, 0.1) is 0 Å². The molecule has 0 spiro atoms. The van der Waals surface area contributed by atoms with Crippen molar-refractivity contribution in [1.82, 2.24) is 0 Å². The van der Waals surface area contributed by atoms with Gasteiger partial charge in [-0.3, -0.25) is 19.2 Å². The van der Waals surface area contributed by atoms with Gasteiger partial charge in [-0.25, -0.2) is 0 Å². The third-order valence-electron chi connectivity index (χ3n) is 5.37. The molecule has 0 fully saturated rings. The van der Waals surface area contributed by atoms with Crippen LogP contribution in [0.5, 0.6) is 11.5 Å². The van der Waals surface area contributed by atoms with Gasteiger partial charge in [-0.15, -0.1) is 0 Å². The Labute approximate surface area is 207 Å². The van der Waals surface area contributed by atoms with Crippen molar-refractivity contribution < 1.29 is 38.5 Å². The second-order valence-electron chi connectivity index (χ2n) is 8.62. The van der Waals surface area contributed by atoms with E-state index in [-0.39, 0.29) is 36.7 Å². The fourth-order valence-corrected chi connectivity index (χ4v) is 3.55. The van der Waals surface area contributed by atoms with Gasteiger partial charge in [0.05, 0.1) is 6.10 Å². The van der Waals surface area contributed by atoms with Crippen LogP contribution in [-0.4, -0.2) is 41.1 Å². The highest BCUT2D eigenvalue weighted by molar-refractivity contribution is 5.77. The van der Waals surface area contributed by atoms with E-state index in [2.05, 4.69) is 0 Å². The van der Waals surface area contributed by atoms with Gasteiger partial charge >= 0.3 is 23.9 Å². The maximum atomic E-state index is 12.2. The van der Waals surface area contributed by atoms with Crippen molar-refractivity contribution in [3.63, 3.8) is 0 Å². The SMILES string of the molecule is CCCCCC(=O)OC(C)CC(c1ccc(OC(=O)CCC)c(OC(=O)CCC)c1)[C@H](N)C(=O)O. The Balaban J connectivity index is 3.20. The predicted octanol–water partition coefficient (Wildman–Crippen LogP) is 4.50. The number of carboxylic acids is 1. The van der Waals surface area contributed by atoms with Gasteiger partial charge in [-0.1, -0.05) is 39.7 Å². The van der Waals surface area contributed by atoms with Crippen molar-refractivity contribution in [3.8, 4) is 11.5 Å². The van der Waals surface area contributed by atoms with Gasteiger partial charge in [-0.05, 0) is 50.3 Å². The maximum absolute atomic E-state index is 12.2. The number of aliphatic carboxylic acids is 1. The molecule has 9 heteroatoms. The number of carbonyl (C=O) groups is 4. The molecule has 3 atom stereocenters. The highest BCUT2D eigenvalue weighted by atomic mass is 16.6. The fraction of sp³-hybridized carbons (Fsp3) is 0.615. The molecule has 1 aromatic rings. The lowest BCUT2D eigenvalue weighted by Gasteiger charge is -2.25. The summed E-state index contributed by atoms with van der Waals surface area (Å²) >= 11 is 0. The summed E-state index contributed by atoms with van der Waals surface area (Å²) < 4.78 is 16.3. The number of carbonyl (C=O) groups excluding carboxylic acids is 3. The molecule has 0 aliphatic heterocycles. The van der Waals surface area contributed by atoms with Crippen LogP contribution in [-0.2, 0) is 23.9 Å². The van der Waals surface area contributed by atoms with Gasteiger partial charge in [0.1, 0.15) is 6.04 Å². The van der Waals surface area contributed by atoms with E-state index >= 15 is 0 Å². The Morgan fingerprint density at radius 3 is 2.00 bits per heavy atom. The zero-order valence-electron chi connectivity index (χ0n) is 21.2. The standard InChI is InChI=1S/C26H39NO8/c1-5-8-9-12-24(30)33-17(4)15-19(25(27)26(31)32)18-13-14-20(34-22(28)10-6-2)21(16-18)35-23(29)11-7-3/h13-14,16-17,19,25H,5-12,15,27H2,1-4H3,(H,31,32)/t17?,19?,25-/m0/s1. The monoisotopic (exact) mass is 493 g/mol. The van der Waals surface area contributed by atoms with Gasteiger partial charge in [0.2, 0.25) is 0 Å². The van der Waals surface area contributed by atoms with E-state index in [1.54, 1.807) is 13.0 Å². The van der Waals surface area contributed by atoms with Crippen LogP contribution < -0.4 is 15.2 Å². The molecule has 0 saturated carbocycles. The number of carboxylic acid groups (broad SMARTS) is 1. The average molecular weight is 494 g/mol. The quantitative estimate of drug-likeness (QED) is 0.193. The van der Waals surface area contributed by atoms with Crippen molar-refractivity contribution in [2.24, 2.45) is 5.73 Å². The first-order valence-corrected chi connectivity index (χ1v) is 12.4. The third-order valence-corrected chi connectivity index (χ3v) is 5.37. The molecule has 2 unspecified atom stereocenters. The number of hydrogen-bond donors (Lipinski definition) is 2. The molecule has 0 heterocycles. The molecule has 196 valence electrons. The molecule has 3 N–H and O–H groups in total. The minimum Gasteiger partial charge on any atom is -0.480 e. The molecule has 0 bridgehead atoms. The zero-order chi connectivity index (χ0) is 26.4. The summed E-state index contributed by atoms with van der Waals surface area (Å²) in [7, 11) is 0. The van der Waals surface area contributed by atoms with Crippen molar-refractivity contribution in [2.45, 2.75) is 104 Å². The molecule has 0 radical (unpaired) electrons. The lowest BCUT2D eigenvalue weighted by atomic mass is 9.87. The summed E-state index contributed by atoms with van der Waals surface area (Å²) in [6.07, 6.45) is 3.99. The normalized spacial score (nSPS) is 13.4. The molecule has 0 saturated heterocycles. The molecule has 0 aliphatic rings. The van der Waals surface area contributed by atoms with E-state index in [4.69, 9.17) is 19.9 Å². The van der Waals surface area contributed by atoms with E-state index in [0.717, 1.165) is 19.3 Å². The van der Waals surface area contributed by atoms with E-state index in [9.17, 15) is 24.3 Å². The minimum atomic E-state index is -1.30. The summed E-state index contributed by atoms with van der Waals surface area (Å²) in [6, 6.07) is 3.20. The van der Waals surface area contributed by atoms with Crippen LogP contribution in [0.3, 0.4) is 0 Å². The van der Waals surface area contributed by atoms with E-state index in [1.165, 1.54) is 12.1 Å². The van der Waals surface area contributed by atoms with Gasteiger partial charge in [0.25, 0.3) is 0 Å². The molecule has 0 amide bonds. The van der Waals surface area contributed by atoms with E-state index in [1.807, 2.05) is 20.8 Å². The van der Waals surface area contributed by atoms with Crippen molar-refractivity contribution >= 4 is 23.9 Å². The number of esters is 3. The largest absolute Gasteiger partial charge is 0.480 e. The minimum absolute atomic E-state index is 0.0113. The smallest absolute Gasteiger partial charge is 0.321 e. The number of nitrogens with two attached hydrogens (primary N) is 1. The average Bonchev–Trinajstić information content (AvgIpc) is 2.78. The predicted molar refractivity (Wildman–Crippen MR) is 130 cm³/mol. The second-order valence-corrected chi connectivity index (χ2v) is 8.62. The molecular formula is C26H39NO8. The summed E-state index contributed by atoms with van der Waals surface area (Å²) in [5.74, 6) is -3.23. The Morgan fingerprint density at radius 2 is 1.46 bits per heavy atom. The zero-order valence-corrected chi connectivity index (χ0v) is 21.2.